The molecule has 2 aliphatic rings. The molecule has 4 nitrogen and oxygen atoms in total. The minimum Gasteiger partial charge on any atom is -0.352 e. The maximum atomic E-state index is 12.3. The molecule has 3 rings (SSSR count). The fourth-order valence-electron chi connectivity index (χ4n) is 3.54. The predicted molar refractivity (Wildman–Crippen MR) is 93.7 cm³/mol. The lowest BCUT2D eigenvalue weighted by molar-refractivity contribution is -0.125. The molecule has 0 spiro atoms. The average molecular weight is 336 g/mol. The van der Waals surface area contributed by atoms with Crippen molar-refractivity contribution in [2.24, 2.45) is 0 Å². The van der Waals surface area contributed by atoms with Gasteiger partial charge in [-0.3, -0.25) is 9.69 Å². The van der Waals surface area contributed by atoms with Gasteiger partial charge in [0.15, 0.2) is 0 Å². The van der Waals surface area contributed by atoms with Crippen LogP contribution in [0.1, 0.15) is 37.8 Å². The van der Waals surface area contributed by atoms with Crippen LogP contribution >= 0.6 is 11.6 Å². The van der Waals surface area contributed by atoms with Gasteiger partial charge in [0.05, 0.1) is 6.54 Å². The van der Waals surface area contributed by atoms with Crippen LogP contribution in [0.4, 0.5) is 0 Å². The van der Waals surface area contributed by atoms with Gasteiger partial charge in [-0.05, 0) is 43.5 Å². The molecule has 2 fully saturated rings. The number of nitrogens with zero attached hydrogens (tertiary/aromatic N) is 2. The molecular weight excluding hydrogens is 310 g/mol. The van der Waals surface area contributed by atoms with Crippen LogP contribution in [0.5, 0.6) is 0 Å². The van der Waals surface area contributed by atoms with E-state index in [-0.39, 0.29) is 5.91 Å². The third-order valence-electron chi connectivity index (χ3n) is 5.13. The summed E-state index contributed by atoms with van der Waals surface area (Å²) in [6, 6.07) is 8.69. The zero-order valence-corrected chi connectivity index (χ0v) is 14.6. The van der Waals surface area contributed by atoms with Crippen LogP contribution in [0.2, 0.25) is 5.02 Å². The number of nitrogens with one attached hydrogen (secondary N) is 1. The van der Waals surface area contributed by atoms with E-state index in [2.05, 4.69) is 34.2 Å². The van der Waals surface area contributed by atoms with Crippen molar-refractivity contribution < 1.29 is 4.79 Å². The number of rotatable bonds is 5. The van der Waals surface area contributed by atoms with E-state index < -0.39 is 0 Å². The van der Waals surface area contributed by atoms with E-state index in [1.54, 1.807) is 0 Å². The Morgan fingerprint density at radius 2 is 1.87 bits per heavy atom. The van der Waals surface area contributed by atoms with Crippen LogP contribution in [-0.2, 0) is 4.79 Å². The predicted octanol–water partition coefficient (Wildman–Crippen LogP) is 2.69. The maximum absolute atomic E-state index is 12.3. The van der Waals surface area contributed by atoms with Gasteiger partial charge in [0.1, 0.15) is 0 Å². The summed E-state index contributed by atoms with van der Waals surface area (Å²) < 4.78 is 0. The second-order valence-corrected chi connectivity index (χ2v) is 7.04. The van der Waals surface area contributed by atoms with Crippen LogP contribution in [-0.4, -0.2) is 54.5 Å². The molecule has 2 heterocycles. The van der Waals surface area contributed by atoms with Crippen molar-refractivity contribution in [3.05, 3.63) is 34.9 Å². The molecule has 2 saturated heterocycles. The number of hydrogen-bond donors (Lipinski definition) is 1. The first-order valence-electron chi connectivity index (χ1n) is 8.67. The molecule has 0 radical (unpaired) electrons. The molecule has 1 aromatic carbocycles. The Kier molecular flexibility index (Phi) is 5.57. The summed E-state index contributed by atoms with van der Waals surface area (Å²) in [5, 5.41) is 3.98. The molecule has 0 aliphatic carbocycles. The molecule has 126 valence electrons. The van der Waals surface area contributed by atoms with E-state index in [0.717, 1.165) is 50.5 Å². The molecule has 1 aromatic rings. The lowest BCUT2D eigenvalue weighted by Crippen LogP contribution is -2.50. The topological polar surface area (TPSA) is 35.6 Å². The molecule has 0 unspecified atom stereocenters. The molecule has 2 aliphatic heterocycles. The van der Waals surface area contributed by atoms with Crippen molar-refractivity contribution in [2.45, 2.75) is 38.3 Å². The highest BCUT2D eigenvalue weighted by Crippen LogP contribution is 2.33. The molecule has 5 heteroatoms. The lowest BCUT2D eigenvalue weighted by Gasteiger charge is -2.41. The zero-order valence-electron chi connectivity index (χ0n) is 13.8. The second kappa shape index (κ2) is 7.65. The second-order valence-electron chi connectivity index (χ2n) is 6.60. The highest BCUT2D eigenvalue weighted by atomic mass is 35.5. The minimum absolute atomic E-state index is 0.165. The van der Waals surface area contributed by atoms with E-state index in [9.17, 15) is 4.79 Å². The maximum Gasteiger partial charge on any atom is 0.234 e. The minimum atomic E-state index is 0.165. The molecule has 1 atom stereocenters. The number of amides is 1. The van der Waals surface area contributed by atoms with Gasteiger partial charge in [-0.1, -0.05) is 30.7 Å². The standard InChI is InChI=1S/C18H26ClN3O/c1-2-21-10-7-16(8-11-21)20-18(23)13-22-12-9-17(22)14-3-5-15(19)6-4-14/h3-6,16-17H,2,7-13H2,1H3,(H,20,23)/t17-/m1/s1. The quantitative estimate of drug-likeness (QED) is 0.898. The fraction of sp³-hybridized carbons (Fsp3) is 0.611. The van der Waals surface area contributed by atoms with E-state index >= 15 is 0 Å². The third kappa shape index (κ3) is 4.25. The summed E-state index contributed by atoms with van der Waals surface area (Å²) in [5.74, 6) is 0.165. The van der Waals surface area contributed by atoms with Gasteiger partial charge >= 0.3 is 0 Å². The number of carbonyl (C=O) groups excluding carboxylic acids is 1. The highest BCUT2D eigenvalue weighted by Gasteiger charge is 2.31. The van der Waals surface area contributed by atoms with Gasteiger partial charge in [-0.2, -0.15) is 0 Å². The first kappa shape index (κ1) is 16.7. The Morgan fingerprint density at radius 1 is 1.17 bits per heavy atom. The average Bonchev–Trinajstić information content (AvgIpc) is 2.54. The Morgan fingerprint density at radius 3 is 2.43 bits per heavy atom. The number of hydrogen-bond acceptors (Lipinski definition) is 3. The van der Waals surface area contributed by atoms with E-state index in [1.165, 1.54) is 5.56 Å². The van der Waals surface area contributed by atoms with Crippen molar-refractivity contribution >= 4 is 17.5 Å². The highest BCUT2D eigenvalue weighted by molar-refractivity contribution is 6.30. The van der Waals surface area contributed by atoms with Gasteiger partial charge in [0.2, 0.25) is 5.91 Å². The van der Waals surface area contributed by atoms with E-state index in [0.29, 0.717) is 18.6 Å². The first-order valence-corrected chi connectivity index (χ1v) is 9.04. The molecular formula is C18H26ClN3O. The Hall–Kier alpha value is -1.10. The first-order chi connectivity index (χ1) is 11.2. The summed E-state index contributed by atoms with van der Waals surface area (Å²) in [4.78, 5) is 17.0. The van der Waals surface area contributed by atoms with Crippen molar-refractivity contribution in [3.8, 4) is 0 Å². The van der Waals surface area contributed by atoms with Crippen molar-refractivity contribution in [3.63, 3.8) is 0 Å². The smallest absolute Gasteiger partial charge is 0.234 e. The molecule has 1 N–H and O–H groups in total. The van der Waals surface area contributed by atoms with Crippen molar-refractivity contribution in [2.75, 3.05) is 32.7 Å². The monoisotopic (exact) mass is 335 g/mol. The summed E-state index contributed by atoms with van der Waals surface area (Å²) in [7, 11) is 0. The zero-order chi connectivity index (χ0) is 16.2. The summed E-state index contributed by atoms with van der Waals surface area (Å²) in [6.45, 7) is 6.99. The Bertz CT molecular complexity index is 526. The van der Waals surface area contributed by atoms with Gasteiger partial charge in [0.25, 0.3) is 0 Å². The largest absolute Gasteiger partial charge is 0.352 e. The normalized spacial score (nSPS) is 23.5. The van der Waals surface area contributed by atoms with Gasteiger partial charge in [-0.25, -0.2) is 0 Å². The number of halogens is 1. The lowest BCUT2D eigenvalue weighted by atomic mass is 9.95. The molecule has 1 amide bonds. The third-order valence-corrected chi connectivity index (χ3v) is 5.38. The van der Waals surface area contributed by atoms with Crippen LogP contribution in [0.25, 0.3) is 0 Å². The molecule has 0 aromatic heterocycles. The van der Waals surface area contributed by atoms with Gasteiger partial charge < -0.3 is 10.2 Å². The van der Waals surface area contributed by atoms with E-state index in [4.69, 9.17) is 11.6 Å². The Labute approximate surface area is 143 Å². The number of piperidine rings is 1. The van der Waals surface area contributed by atoms with Gasteiger partial charge in [-0.15, -0.1) is 0 Å². The van der Waals surface area contributed by atoms with E-state index in [1.807, 2.05) is 12.1 Å². The SMILES string of the molecule is CCN1CCC(NC(=O)CN2CC[C@@H]2c2ccc(Cl)cc2)CC1. The molecule has 0 bridgehead atoms. The summed E-state index contributed by atoms with van der Waals surface area (Å²) in [5.41, 5.74) is 1.25. The van der Waals surface area contributed by atoms with Crippen LogP contribution in [0.15, 0.2) is 24.3 Å². The van der Waals surface area contributed by atoms with Crippen LogP contribution < -0.4 is 5.32 Å². The number of likely N-dealkylation sites (tertiary alicyclic amines) is 2. The summed E-state index contributed by atoms with van der Waals surface area (Å²) in [6.07, 6.45) is 3.25. The molecule has 0 saturated carbocycles. The fourth-order valence-corrected chi connectivity index (χ4v) is 3.67. The van der Waals surface area contributed by atoms with Crippen LogP contribution in [0, 0.1) is 0 Å². The van der Waals surface area contributed by atoms with Crippen molar-refractivity contribution in [1.82, 2.24) is 15.1 Å². The molecule has 23 heavy (non-hydrogen) atoms. The van der Waals surface area contributed by atoms with Crippen LogP contribution in [0.3, 0.4) is 0 Å². The van der Waals surface area contributed by atoms with Crippen molar-refractivity contribution in [1.29, 1.82) is 0 Å². The Balaban J connectivity index is 1.46. The number of benzene rings is 1. The summed E-state index contributed by atoms with van der Waals surface area (Å²) >= 11 is 5.95. The van der Waals surface area contributed by atoms with Gasteiger partial charge in [0, 0.05) is 36.7 Å². The number of carbonyl (C=O) groups is 1.